The Morgan fingerprint density at radius 1 is 1.56 bits per heavy atom. The second kappa shape index (κ2) is 5.16. The van der Waals surface area contributed by atoms with E-state index in [9.17, 15) is 9.59 Å². The molecule has 0 fully saturated rings. The Bertz CT molecular complexity index is 408. The Labute approximate surface area is 92.8 Å². The molecule has 1 aromatic heterocycles. The summed E-state index contributed by atoms with van der Waals surface area (Å²) in [5.41, 5.74) is 0. The van der Waals surface area contributed by atoms with Crippen LogP contribution in [0.15, 0.2) is 29.2 Å². The fourth-order valence-corrected chi connectivity index (χ4v) is 1.18. The molecular weight excluding hydrogens is 210 g/mol. The summed E-state index contributed by atoms with van der Waals surface area (Å²) in [7, 11) is 0. The molecule has 1 aromatic rings. The van der Waals surface area contributed by atoms with Crippen molar-refractivity contribution in [3.63, 3.8) is 0 Å². The van der Waals surface area contributed by atoms with Crippen LogP contribution in [0.2, 0.25) is 0 Å². The summed E-state index contributed by atoms with van der Waals surface area (Å²) in [5.74, 6) is -1.88. The van der Waals surface area contributed by atoms with E-state index in [2.05, 4.69) is 11.9 Å². The normalized spacial score (nSPS) is 11.8. The maximum Gasteiger partial charge on any atom is 0.371 e. The topological polar surface area (TPSA) is 79.5 Å². The summed E-state index contributed by atoms with van der Waals surface area (Å²) in [4.78, 5) is 22.1. The number of aromatic carboxylic acids is 1. The molecule has 0 spiro atoms. The highest BCUT2D eigenvalue weighted by Gasteiger charge is 2.15. The maximum absolute atomic E-state index is 11.5. The highest BCUT2D eigenvalue weighted by molar-refractivity contribution is 5.93. The summed E-state index contributed by atoms with van der Waals surface area (Å²) in [5, 5.41) is 11.3. The molecule has 0 aliphatic carbocycles. The highest BCUT2D eigenvalue weighted by atomic mass is 16.4. The van der Waals surface area contributed by atoms with Crippen LogP contribution in [0.4, 0.5) is 0 Å². The molecule has 1 rings (SSSR count). The van der Waals surface area contributed by atoms with Gasteiger partial charge in [0.05, 0.1) is 0 Å². The Morgan fingerprint density at radius 2 is 2.19 bits per heavy atom. The van der Waals surface area contributed by atoms with Crippen molar-refractivity contribution in [3.8, 4) is 0 Å². The fourth-order valence-electron chi connectivity index (χ4n) is 1.18. The van der Waals surface area contributed by atoms with Crippen LogP contribution in [-0.4, -0.2) is 23.0 Å². The standard InChI is InChI=1S/C11H13NO4/c1-3-4-7(2)12-10(13)8-5-6-9(16-8)11(14)15/h3,5-7H,1,4H2,2H3,(H,12,13)(H,14,15). The zero-order chi connectivity index (χ0) is 12.1. The van der Waals surface area contributed by atoms with Crippen LogP contribution in [0.25, 0.3) is 0 Å². The number of nitrogens with one attached hydrogen (secondary N) is 1. The molecule has 0 aliphatic rings. The lowest BCUT2D eigenvalue weighted by Crippen LogP contribution is -2.31. The van der Waals surface area contributed by atoms with Gasteiger partial charge in [0.1, 0.15) is 0 Å². The minimum atomic E-state index is -1.20. The summed E-state index contributed by atoms with van der Waals surface area (Å²) in [6.07, 6.45) is 2.33. The van der Waals surface area contributed by atoms with Gasteiger partial charge in [0.15, 0.2) is 5.76 Å². The number of rotatable bonds is 5. The number of hydrogen-bond donors (Lipinski definition) is 2. The van der Waals surface area contributed by atoms with Crippen LogP contribution in [0.3, 0.4) is 0 Å². The van der Waals surface area contributed by atoms with Crippen molar-refractivity contribution in [1.29, 1.82) is 0 Å². The summed E-state index contributed by atoms with van der Waals surface area (Å²) in [6, 6.07) is 2.51. The molecule has 0 aliphatic heterocycles. The van der Waals surface area contributed by atoms with Crippen molar-refractivity contribution >= 4 is 11.9 Å². The third-order valence-corrected chi connectivity index (χ3v) is 1.94. The molecule has 1 unspecified atom stereocenters. The molecule has 1 amide bonds. The van der Waals surface area contributed by atoms with Gasteiger partial charge in [-0.2, -0.15) is 0 Å². The van der Waals surface area contributed by atoms with Crippen molar-refractivity contribution in [1.82, 2.24) is 5.32 Å². The van der Waals surface area contributed by atoms with Crippen LogP contribution in [0, 0.1) is 0 Å². The first-order valence-electron chi connectivity index (χ1n) is 4.79. The van der Waals surface area contributed by atoms with Crippen LogP contribution in [0.5, 0.6) is 0 Å². The molecule has 16 heavy (non-hydrogen) atoms. The average Bonchev–Trinajstić information content (AvgIpc) is 2.66. The molecule has 5 nitrogen and oxygen atoms in total. The fraction of sp³-hybridized carbons (Fsp3) is 0.273. The molecule has 0 saturated heterocycles. The molecule has 5 heteroatoms. The minimum Gasteiger partial charge on any atom is -0.475 e. The van der Waals surface area contributed by atoms with E-state index in [1.165, 1.54) is 12.1 Å². The van der Waals surface area contributed by atoms with Gasteiger partial charge in [-0.1, -0.05) is 6.08 Å². The van der Waals surface area contributed by atoms with Gasteiger partial charge < -0.3 is 14.8 Å². The highest BCUT2D eigenvalue weighted by Crippen LogP contribution is 2.08. The first kappa shape index (κ1) is 12.0. The van der Waals surface area contributed by atoms with E-state index in [1.54, 1.807) is 6.08 Å². The van der Waals surface area contributed by atoms with E-state index in [-0.39, 0.29) is 17.6 Å². The summed E-state index contributed by atoms with van der Waals surface area (Å²) >= 11 is 0. The first-order chi connectivity index (χ1) is 7.54. The Kier molecular flexibility index (Phi) is 3.88. The van der Waals surface area contributed by atoms with Gasteiger partial charge in [0, 0.05) is 6.04 Å². The number of amides is 1. The molecule has 0 saturated carbocycles. The van der Waals surface area contributed by atoms with Crippen molar-refractivity contribution < 1.29 is 19.1 Å². The molecule has 86 valence electrons. The molecule has 1 heterocycles. The summed E-state index contributed by atoms with van der Waals surface area (Å²) < 4.78 is 4.85. The number of carboxylic acid groups (broad SMARTS) is 1. The maximum atomic E-state index is 11.5. The van der Waals surface area contributed by atoms with Gasteiger partial charge in [0.25, 0.3) is 5.91 Å². The predicted molar refractivity (Wildman–Crippen MR) is 57.4 cm³/mol. The molecule has 1 atom stereocenters. The monoisotopic (exact) mass is 223 g/mol. The molecule has 0 radical (unpaired) electrons. The minimum absolute atomic E-state index is 0.00619. The zero-order valence-electron chi connectivity index (χ0n) is 8.90. The SMILES string of the molecule is C=CCC(C)NC(=O)c1ccc(C(=O)O)o1. The quantitative estimate of drug-likeness (QED) is 0.744. The number of carbonyl (C=O) groups excluding carboxylic acids is 1. The number of carbonyl (C=O) groups is 2. The Balaban J connectivity index is 2.65. The molecule has 2 N–H and O–H groups in total. The van der Waals surface area contributed by atoms with Gasteiger partial charge in [-0.05, 0) is 25.5 Å². The van der Waals surface area contributed by atoms with Gasteiger partial charge in [-0.15, -0.1) is 6.58 Å². The van der Waals surface area contributed by atoms with Gasteiger partial charge in [-0.3, -0.25) is 4.79 Å². The number of furan rings is 1. The second-order valence-corrected chi connectivity index (χ2v) is 3.37. The van der Waals surface area contributed by atoms with Gasteiger partial charge in [0.2, 0.25) is 5.76 Å². The largest absolute Gasteiger partial charge is 0.475 e. The van der Waals surface area contributed by atoms with Gasteiger partial charge in [-0.25, -0.2) is 4.79 Å². The number of carboxylic acids is 1. The van der Waals surface area contributed by atoms with Crippen molar-refractivity contribution in [2.75, 3.05) is 0 Å². The predicted octanol–water partition coefficient (Wildman–Crippen LogP) is 1.67. The van der Waals surface area contributed by atoms with Crippen molar-refractivity contribution in [2.24, 2.45) is 0 Å². The number of hydrogen-bond acceptors (Lipinski definition) is 3. The van der Waals surface area contributed by atoms with Crippen molar-refractivity contribution in [2.45, 2.75) is 19.4 Å². The van der Waals surface area contributed by atoms with E-state index >= 15 is 0 Å². The van der Waals surface area contributed by atoms with Crippen LogP contribution in [-0.2, 0) is 0 Å². The third-order valence-electron chi connectivity index (χ3n) is 1.94. The second-order valence-electron chi connectivity index (χ2n) is 3.37. The molecule has 0 bridgehead atoms. The van der Waals surface area contributed by atoms with Crippen LogP contribution >= 0.6 is 0 Å². The van der Waals surface area contributed by atoms with Gasteiger partial charge >= 0.3 is 5.97 Å². The smallest absolute Gasteiger partial charge is 0.371 e. The average molecular weight is 223 g/mol. The van der Waals surface area contributed by atoms with Crippen LogP contribution in [0.1, 0.15) is 34.5 Å². The van der Waals surface area contributed by atoms with E-state index in [0.717, 1.165) is 0 Å². The van der Waals surface area contributed by atoms with E-state index in [0.29, 0.717) is 6.42 Å². The zero-order valence-corrected chi connectivity index (χ0v) is 8.90. The Morgan fingerprint density at radius 3 is 2.69 bits per heavy atom. The van der Waals surface area contributed by atoms with Crippen LogP contribution < -0.4 is 5.32 Å². The lowest BCUT2D eigenvalue weighted by atomic mass is 10.2. The van der Waals surface area contributed by atoms with E-state index in [1.807, 2.05) is 6.92 Å². The molecule has 0 aromatic carbocycles. The lowest BCUT2D eigenvalue weighted by molar-refractivity contribution is 0.0659. The third kappa shape index (κ3) is 2.98. The van der Waals surface area contributed by atoms with E-state index < -0.39 is 11.9 Å². The first-order valence-corrected chi connectivity index (χ1v) is 4.79. The summed E-state index contributed by atoms with van der Waals surface area (Å²) in [6.45, 7) is 5.38. The van der Waals surface area contributed by atoms with E-state index in [4.69, 9.17) is 9.52 Å². The molecular formula is C11H13NO4. The Hall–Kier alpha value is -2.04. The van der Waals surface area contributed by atoms with Crippen molar-refractivity contribution in [3.05, 3.63) is 36.3 Å². The lowest BCUT2D eigenvalue weighted by Gasteiger charge is -2.09.